The lowest BCUT2D eigenvalue weighted by molar-refractivity contribution is 0.546. The Balaban J connectivity index is 2.41. The lowest BCUT2D eigenvalue weighted by Crippen LogP contribution is -2.23. The lowest BCUT2D eigenvalue weighted by atomic mass is 10.2. The van der Waals surface area contributed by atoms with Crippen LogP contribution in [0.4, 0.5) is 0 Å². The van der Waals surface area contributed by atoms with Crippen molar-refractivity contribution in [1.29, 1.82) is 0 Å². The molecule has 1 aromatic carbocycles. The Kier molecular flexibility index (Phi) is 2.41. The number of benzene rings is 1. The highest BCUT2D eigenvalue weighted by atomic mass is 16.3. The van der Waals surface area contributed by atoms with E-state index in [2.05, 4.69) is 0 Å². The van der Waals surface area contributed by atoms with E-state index in [9.17, 15) is 9.59 Å². The monoisotopic (exact) mass is 256 g/mol. The number of aromatic nitrogens is 2. The fourth-order valence-electron chi connectivity index (χ4n) is 2.14. The molecule has 0 spiro atoms. The van der Waals surface area contributed by atoms with Crippen LogP contribution in [0.1, 0.15) is 5.56 Å². The van der Waals surface area contributed by atoms with Gasteiger partial charge in [0.2, 0.25) is 5.71 Å². The minimum absolute atomic E-state index is 0.230. The zero-order chi connectivity index (χ0) is 13.6. The zero-order valence-corrected chi connectivity index (χ0v) is 10.6. The standard InChI is InChI=1S/C14H12N2O3/c1-9-13(18)15(2)16-12(17)8-11(19-14(9)16)10-6-4-3-5-7-10/h3-8H,1-2H3. The first-order valence-corrected chi connectivity index (χ1v) is 5.87. The van der Waals surface area contributed by atoms with Gasteiger partial charge in [0.05, 0.1) is 5.56 Å². The topological polar surface area (TPSA) is 56.6 Å². The minimum Gasteiger partial charge on any atom is -0.438 e. The summed E-state index contributed by atoms with van der Waals surface area (Å²) in [5, 5.41) is 0. The molecule has 0 aliphatic heterocycles. The molecule has 0 amide bonds. The van der Waals surface area contributed by atoms with E-state index in [4.69, 9.17) is 4.42 Å². The van der Waals surface area contributed by atoms with E-state index in [1.165, 1.54) is 15.3 Å². The summed E-state index contributed by atoms with van der Waals surface area (Å²) in [6, 6.07) is 10.7. The van der Waals surface area contributed by atoms with Crippen molar-refractivity contribution in [2.45, 2.75) is 6.92 Å². The van der Waals surface area contributed by atoms with Crippen molar-refractivity contribution in [1.82, 2.24) is 9.20 Å². The minimum atomic E-state index is -0.284. The summed E-state index contributed by atoms with van der Waals surface area (Å²) in [7, 11) is 1.54. The molecular formula is C14H12N2O3. The summed E-state index contributed by atoms with van der Waals surface area (Å²) in [5.41, 5.74) is 1.01. The maximum atomic E-state index is 12.1. The molecule has 0 saturated heterocycles. The van der Waals surface area contributed by atoms with Crippen LogP contribution in [0.5, 0.6) is 0 Å². The lowest BCUT2D eigenvalue weighted by Gasteiger charge is -2.02. The van der Waals surface area contributed by atoms with Crippen LogP contribution < -0.4 is 11.1 Å². The van der Waals surface area contributed by atoms with Gasteiger partial charge in [-0.15, -0.1) is 0 Å². The molecule has 19 heavy (non-hydrogen) atoms. The number of aryl methyl sites for hydroxylation is 2. The third kappa shape index (κ3) is 1.62. The number of rotatable bonds is 1. The van der Waals surface area contributed by atoms with Gasteiger partial charge in [-0.3, -0.25) is 9.59 Å². The van der Waals surface area contributed by atoms with Gasteiger partial charge in [0.15, 0.2) is 0 Å². The Labute approximate surface area is 108 Å². The summed E-state index contributed by atoms with van der Waals surface area (Å²) in [6.45, 7) is 1.65. The van der Waals surface area contributed by atoms with Gasteiger partial charge >= 0.3 is 0 Å². The van der Waals surface area contributed by atoms with Gasteiger partial charge in [-0.1, -0.05) is 30.3 Å². The first-order valence-electron chi connectivity index (χ1n) is 5.87. The quantitative estimate of drug-likeness (QED) is 0.664. The largest absolute Gasteiger partial charge is 0.438 e. The van der Waals surface area contributed by atoms with Crippen molar-refractivity contribution in [3.63, 3.8) is 0 Å². The van der Waals surface area contributed by atoms with Crippen molar-refractivity contribution < 1.29 is 4.42 Å². The highest BCUT2D eigenvalue weighted by molar-refractivity contribution is 5.58. The van der Waals surface area contributed by atoms with Gasteiger partial charge in [0.1, 0.15) is 5.76 Å². The fourth-order valence-corrected chi connectivity index (χ4v) is 2.14. The molecule has 0 saturated carbocycles. The van der Waals surface area contributed by atoms with Gasteiger partial charge in [-0.05, 0) is 6.92 Å². The van der Waals surface area contributed by atoms with Gasteiger partial charge in [0.25, 0.3) is 11.1 Å². The summed E-state index contributed by atoms with van der Waals surface area (Å²) in [5.74, 6) is 0.458. The zero-order valence-electron chi connectivity index (χ0n) is 10.6. The molecule has 0 fully saturated rings. The van der Waals surface area contributed by atoms with Gasteiger partial charge in [-0.2, -0.15) is 4.52 Å². The van der Waals surface area contributed by atoms with Crippen molar-refractivity contribution in [3.8, 4) is 11.3 Å². The van der Waals surface area contributed by atoms with Gasteiger partial charge < -0.3 is 4.42 Å². The molecule has 0 atom stereocenters. The Morgan fingerprint density at radius 3 is 2.47 bits per heavy atom. The van der Waals surface area contributed by atoms with E-state index in [1.54, 1.807) is 14.0 Å². The Morgan fingerprint density at radius 1 is 1.11 bits per heavy atom. The van der Waals surface area contributed by atoms with Crippen molar-refractivity contribution in [3.05, 3.63) is 62.7 Å². The van der Waals surface area contributed by atoms with Crippen LogP contribution in [0.15, 0.2) is 50.4 Å². The highest BCUT2D eigenvalue weighted by Crippen LogP contribution is 2.19. The molecule has 3 aromatic rings. The van der Waals surface area contributed by atoms with E-state index in [0.29, 0.717) is 17.0 Å². The van der Waals surface area contributed by atoms with Gasteiger partial charge in [-0.25, -0.2) is 4.68 Å². The van der Waals surface area contributed by atoms with Crippen LogP contribution in [-0.2, 0) is 7.05 Å². The Bertz CT molecular complexity index is 869. The summed E-state index contributed by atoms with van der Waals surface area (Å²) in [6.07, 6.45) is 0. The van der Waals surface area contributed by atoms with Crippen LogP contribution >= 0.6 is 0 Å². The number of fused-ring (bicyclic) bond motifs is 1. The van der Waals surface area contributed by atoms with Crippen LogP contribution in [0.25, 0.3) is 17.0 Å². The molecule has 0 N–H and O–H groups in total. The Morgan fingerprint density at radius 2 is 1.79 bits per heavy atom. The molecule has 3 rings (SSSR count). The molecule has 0 unspecified atom stereocenters. The van der Waals surface area contributed by atoms with Crippen molar-refractivity contribution >= 4 is 5.71 Å². The van der Waals surface area contributed by atoms with E-state index in [1.807, 2.05) is 30.3 Å². The second-order valence-electron chi connectivity index (χ2n) is 4.39. The molecule has 5 heteroatoms. The molecule has 0 aliphatic rings. The Hall–Kier alpha value is -2.56. The van der Waals surface area contributed by atoms with Crippen LogP contribution in [0.2, 0.25) is 0 Å². The smallest absolute Gasteiger partial charge is 0.276 e. The predicted octanol–water partition coefficient (Wildman–Crippen LogP) is 1.57. The first-order chi connectivity index (χ1) is 9.09. The summed E-state index contributed by atoms with van der Waals surface area (Å²) < 4.78 is 8.20. The average Bonchev–Trinajstić information content (AvgIpc) is 2.65. The average molecular weight is 256 g/mol. The van der Waals surface area contributed by atoms with Crippen LogP contribution in [0.3, 0.4) is 0 Å². The molecule has 2 heterocycles. The third-order valence-electron chi connectivity index (χ3n) is 3.16. The van der Waals surface area contributed by atoms with E-state index in [0.717, 1.165) is 5.56 Å². The SMILES string of the molecule is Cc1c(=O)n(C)n2c(=O)cc(-c3ccccc3)oc12. The van der Waals surface area contributed by atoms with Crippen molar-refractivity contribution in [2.24, 2.45) is 7.05 Å². The van der Waals surface area contributed by atoms with Crippen LogP contribution in [0, 0.1) is 6.92 Å². The summed E-state index contributed by atoms with van der Waals surface area (Å²) in [4.78, 5) is 23.9. The summed E-state index contributed by atoms with van der Waals surface area (Å²) >= 11 is 0. The van der Waals surface area contributed by atoms with E-state index >= 15 is 0 Å². The molecule has 0 aliphatic carbocycles. The van der Waals surface area contributed by atoms with E-state index < -0.39 is 0 Å². The van der Waals surface area contributed by atoms with E-state index in [-0.39, 0.29) is 11.1 Å². The molecule has 5 nitrogen and oxygen atoms in total. The molecule has 96 valence electrons. The maximum Gasteiger partial charge on any atom is 0.276 e. The highest BCUT2D eigenvalue weighted by Gasteiger charge is 2.14. The predicted molar refractivity (Wildman–Crippen MR) is 71.3 cm³/mol. The molecule has 0 bridgehead atoms. The first kappa shape index (κ1) is 11.5. The number of hydrogen-bond donors (Lipinski definition) is 0. The number of nitrogens with zero attached hydrogens (tertiary/aromatic N) is 2. The van der Waals surface area contributed by atoms with Crippen molar-refractivity contribution in [2.75, 3.05) is 0 Å². The second kappa shape index (κ2) is 3.98. The maximum absolute atomic E-state index is 12.1. The van der Waals surface area contributed by atoms with Gasteiger partial charge in [0, 0.05) is 18.7 Å². The fraction of sp³-hybridized carbons (Fsp3) is 0.143. The molecule has 2 aromatic heterocycles. The normalized spacial score (nSPS) is 11.1. The third-order valence-corrected chi connectivity index (χ3v) is 3.16. The molecule has 0 radical (unpaired) electrons. The second-order valence-corrected chi connectivity index (χ2v) is 4.39. The molecular weight excluding hydrogens is 244 g/mol. The van der Waals surface area contributed by atoms with Crippen LogP contribution in [-0.4, -0.2) is 9.20 Å². The number of hydrogen-bond acceptors (Lipinski definition) is 3.